The number of carbonyl (C=O) groups excluding carboxylic acids is 3. The number of fused-ring (bicyclic) bond motifs is 2. The monoisotopic (exact) mass is 456 g/mol. The second-order valence-corrected chi connectivity index (χ2v) is 11.2. The summed E-state index contributed by atoms with van der Waals surface area (Å²) >= 11 is 0. The van der Waals surface area contributed by atoms with Gasteiger partial charge < -0.3 is 14.4 Å². The molecule has 0 unspecified atom stereocenters. The SMILES string of the molecule is COCCN1C(=O)C[C@](CC(=O)N2C[C@]3(C)C[C@@H]2CC(C)(C)C3)(c2cccc(OC)c2)C1=O. The zero-order chi connectivity index (χ0) is 24.0. The third-order valence-electron chi connectivity index (χ3n) is 7.74. The molecule has 33 heavy (non-hydrogen) atoms. The van der Waals surface area contributed by atoms with Gasteiger partial charge in [-0.3, -0.25) is 19.3 Å². The number of carbonyl (C=O) groups is 3. The van der Waals surface area contributed by atoms with Gasteiger partial charge >= 0.3 is 0 Å². The number of hydrogen-bond acceptors (Lipinski definition) is 5. The lowest BCUT2D eigenvalue weighted by Gasteiger charge is -2.39. The van der Waals surface area contributed by atoms with Crippen molar-refractivity contribution in [3.05, 3.63) is 29.8 Å². The summed E-state index contributed by atoms with van der Waals surface area (Å²) in [7, 11) is 3.10. The summed E-state index contributed by atoms with van der Waals surface area (Å²) in [5.41, 5.74) is -0.274. The summed E-state index contributed by atoms with van der Waals surface area (Å²) in [6, 6.07) is 7.40. The number of nitrogens with zero attached hydrogens (tertiary/aromatic N) is 2. The quantitative estimate of drug-likeness (QED) is 0.589. The Morgan fingerprint density at radius 2 is 1.91 bits per heavy atom. The van der Waals surface area contributed by atoms with Gasteiger partial charge in [0.25, 0.3) is 0 Å². The van der Waals surface area contributed by atoms with Gasteiger partial charge in [0.15, 0.2) is 0 Å². The van der Waals surface area contributed by atoms with E-state index < -0.39 is 5.41 Å². The molecule has 0 spiro atoms. The highest BCUT2D eigenvalue weighted by Crippen LogP contribution is 2.53. The molecule has 2 aliphatic heterocycles. The molecule has 1 saturated carbocycles. The van der Waals surface area contributed by atoms with Crippen molar-refractivity contribution in [3.8, 4) is 5.75 Å². The van der Waals surface area contributed by atoms with E-state index in [9.17, 15) is 14.4 Å². The highest BCUT2D eigenvalue weighted by molar-refractivity contribution is 6.10. The van der Waals surface area contributed by atoms with Crippen molar-refractivity contribution in [2.75, 3.05) is 33.9 Å². The molecule has 0 N–H and O–H groups in total. The fraction of sp³-hybridized carbons (Fsp3) is 0.654. The average Bonchev–Trinajstić information content (AvgIpc) is 3.15. The minimum absolute atomic E-state index is 0.0127. The summed E-state index contributed by atoms with van der Waals surface area (Å²) < 4.78 is 10.5. The van der Waals surface area contributed by atoms with Crippen LogP contribution in [-0.2, 0) is 24.5 Å². The number of likely N-dealkylation sites (tertiary alicyclic amines) is 2. The van der Waals surface area contributed by atoms with E-state index in [0.717, 1.165) is 19.3 Å². The van der Waals surface area contributed by atoms with Crippen LogP contribution in [0.2, 0.25) is 0 Å². The van der Waals surface area contributed by atoms with Crippen LogP contribution in [0.25, 0.3) is 0 Å². The van der Waals surface area contributed by atoms with E-state index in [1.807, 2.05) is 17.0 Å². The number of amides is 3. The first-order valence-corrected chi connectivity index (χ1v) is 11.8. The molecule has 1 aromatic rings. The van der Waals surface area contributed by atoms with Crippen LogP contribution in [0.4, 0.5) is 0 Å². The summed E-state index contributed by atoms with van der Waals surface area (Å²) in [6.07, 6.45) is 3.02. The van der Waals surface area contributed by atoms with Crippen molar-refractivity contribution in [3.63, 3.8) is 0 Å². The van der Waals surface area contributed by atoms with Crippen molar-refractivity contribution in [2.24, 2.45) is 10.8 Å². The van der Waals surface area contributed by atoms with Crippen molar-refractivity contribution < 1.29 is 23.9 Å². The third kappa shape index (κ3) is 4.27. The molecular weight excluding hydrogens is 420 g/mol. The lowest BCUT2D eigenvalue weighted by molar-refractivity contribution is -0.143. The fourth-order valence-electron chi connectivity index (χ4n) is 6.71. The number of methoxy groups -OCH3 is 2. The van der Waals surface area contributed by atoms with Crippen LogP contribution in [0, 0.1) is 10.8 Å². The minimum atomic E-state index is -1.22. The molecule has 1 aliphatic carbocycles. The Balaban J connectivity index is 1.67. The van der Waals surface area contributed by atoms with Crippen LogP contribution in [0.5, 0.6) is 5.75 Å². The Morgan fingerprint density at radius 3 is 2.61 bits per heavy atom. The van der Waals surface area contributed by atoms with Crippen LogP contribution in [0.1, 0.15) is 58.4 Å². The van der Waals surface area contributed by atoms with Crippen LogP contribution in [-0.4, -0.2) is 67.5 Å². The number of benzene rings is 1. The first kappa shape index (κ1) is 23.7. The highest BCUT2D eigenvalue weighted by atomic mass is 16.5. The van der Waals surface area contributed by atoms with Gasteiger partial charge in [-0.25, -0.2) is 0 Å². The summed E-state index contributed by atoms with van der Waals surface area (Å²) in [5.74, 6) is -0.0269. The zero-order valence-corrected chi connectivity index (χ0v) is 20.5. The summed E-state index contributed by atoms with van der Waals surface area (Å²) in [4.78, 5) is 43.7. The largest absolute Gasteiger partial charge is 0.497 e. The van der Waals surface area contributed by atoms with Gasteiger partial charge in [-0.2, -0.15) is 0 Å². The Kier molecular flexibility index (Phi) is 6.06. The molecule has 1 aromatic carbocycles. The summed E-state index contributed by atoms with van der Waals surface area (Å²) in [6.45, 7) is 7.98. The molecule has 0 radical (unpaired) electrons. The van der Waals surface area contributed by atoms with E-state index in [-0.39, 0.29) is 60.6 Å². The standard InChI is InChI=1S/C26H36N2O5/c1-24(2)12-19-13-25(3,16-24)17-28(19)22(30)15-26(18-7-6-8-20(11-18)33-5)14-21(29)27(23(26)31)9-10-32-4/h6-8,11,19H,9-10,12-17H2,1-5H3/t19-,25+,26-/m0/s1. The van der Waals surface area contributed by atoms with Crippen LogP contribution >= 0.6 is 0 Å². The van der Waals surface area contributed by atoms with Crippen molar-refractivity contribution in [1.82, 2.24) is 9.80 Å². The highest BCUT2D eigenvalue weighted by Gasteiger charge is 2.56. The molecule has 2 saturated heterocycles. The predicted octanol–water partition coefficient (Wildman–Crippen LogP) is 3.16. The molecular formula is C26H36N2O5. The van der Waals surface area contributed by atoms with E-state index in [1.54, 1.807) is 19.2 Å². The molecule has 2 bridgehead atoms. The lowest BCUT2D eigenvalue weighted by atomic mass is 9.65. The molecule has 3 fully saturated rings. The molecule has 7 nitrogen and oxygen atoms in total. The number of ether oxygens (including phenoxy) is 2. The van der Waals surface area contributed by atoms with Gasteiger partial charge in [0.05, 0.1) is 25.7 Å². The van der Waals surface area contributed by atoms with Gasteiger partial charge in [-0.15, -0.1) is 0 Å². The van der Waals surface area contributed by atoms with Crippen molar-refractivity contribution in [2.45, 2.75) is 64.3 Å². The molecule has 180 valence electrons. The fourth-order valence-corrected chi connectivity index (χ4v) is 6.71. The Labute approximate surface area is 196 Å². The van der Waals surface area contributed by atoms with E-state index >= 15 is 0 Å². The first-order valence-electron chi connectivity index (χ1n) is 11.8. The maximum Gasteiger partial charge on any atom is 0.240 e. The van der Waals surface area contributed by atoms with Gasteiger partial charge in [0.2, 0.25) is 17.7 Å². The lowest BCUT2D eigenvalue weighted by Crippen LogP contribution is -2.45. The maximum atomic E-state index is 13.8. The van der Waals surface area contributed by atoms with Crippen molar-refractivity contribution in [1.29, 1.82) is 0 Å². The second-order valence-electron chi connectivity index (χ2n) is 11.2. The summed E-state index contributed by atoms with van der Waals surface area (Å²) in [5, 5.41) is 0. The van der Waals surface area contributed by atoms with Gasteiger partial charge in [0.1, 0.15) is 5.75 Å². The normalized spacial score (nSPS) is 30.8. The Morgan fingerprint density at radius 1 is 1.15 bits per heavy atom. The molecule has 0 aromatic heterocycles. The number of imide groups is 1. The third-order valence-corrected chi connectivity index (χ3v) is 7.74. The smallest absolute Gasteiger partial charge is 0.240 e. The van der Waals surface area contributed by atoms with Gasteiger partial charge in [-0.1, -0.05) is 32.9 Å². The molecule has 2 heterocycles. The van der Waals surface area contributed by atoms with Crippen molar-refractivity contribution >= 4 is 17.7 Å². The molecule has 3 atom stereocenters. The number of hydrogen-bond donors (Lipinski definition) is 0. The maximum absolute atomic E-state index is 13.8. The molecule has 7 heteroatoms. The molecule has 3 aliphatic rings. The second kappa shape index (κ2) is 8.42. The van der Waals surface area contributed by atoms with Crippen LogP contribution in [0.3, 0.4) is 0 Å². The van der Waals surface area contributed by atoms with Gasteiger partial charge in [-0.05, 0) is 47.8 Å². The molecule has 4 rings (SSSR count). The average molecular weight is 457 g/mol. The molecule has 3 amide bonds. The minimum Gasteiger partial charge on any atom is -0.497 e. The Hall–Kier alpha value is -2.41. The Bertz CT molecular complexity index is 960. The van der Waals surface area contributed by atoms with E-state index in [4.69, 9.17) is 9.47 Å². The van der Waals surface area contributed by atoms with E-state index in [2.05, 4.69) is 20.8 Å². The topological polar surface area (TPSA) is 76.2 Å². The number of rotatable bonds is 7. The van der Waals surface area contributed by atoms with Gasteiger partial charge in [0, 0.05) is 32.5 Å². The van der Waals surface area contributed by atoms with Crippen LogP contribution < -0.4 is 4.74 Å². The van der Waals surface area contributed by atoms with Crippen LogP contribution in [0.15, 0.2) is 24.3 Å². The van der Waals surface area contributed by atoms with E-state index in [1.165, 1.54) is 12.0 Å². The zero-order valence-electron chi connectivity index (χ0n) is 20.5. The predicted molar refractivity (Wildman–Crippen MR) is 124 cm³/mol. The first-order chi connectivity index (χ1) is 15.5. The van der Waals surface area contributed by atoms with E-state index in [0.29, 0.717) is 17.9 Å².